The van der Waals surface area contributed by atoms with Crippen molar-refractivity contribution in [2.45, 2.75) is 75.0 Å². The number of carbonyl (C=O) groups excluding carboxylic acids is 1. The fourth-order valence-corrected chi connectivity index (χ4v) is 6.36. The number of carbonyl (C=O) groups is 1. The monoisotopic (exact) mass is 409 g/mol. The third kappa shape index (κ3) is 2.50. The zero-order valence-electron chi connectivity index (χ0n) is 17.7. The van der Waals surface area contributed by atoms with E-state index in [1.54, 1.807) is 12.0 Å². The molecular weight excluding hydrogens is 378 g/mol. The second-order valence-corrected chi connectivity index (χ2v) is 9.96. The number of benzene rings is 1. The summed E-state index contributed by atoms with van der Waals surface area (Å²) in [5, 5.41) is 0. The third-order valence-corrected chi connectivity index (χ3v) is 8.38. The molecule has 6 heteroatoms. The van der Waals surface area contributed by atoms with Crippen LogP contribution in [-0.2, 0) is 26.2 Å². The predicted octanol–water partition coefficient (Wildman–Crippen LogP) is 2.84. The number of rotatable bonds is 4. The van der Waals surface area contributed by atoms with Gasteiger partial charge in [-0.3, -0.25) is 9.69 Å². The number of nitrogens with two attached hydrogens (primary N) is 1. The van der Waals surface area contributed by atoms with Gasteiger partial charge in [0.05, 0.1) is 18.8 Å². The summed E-state index contributed by atoms with van der Waals surface area (Å²) in [6, 6.07) is 6.83. The number of aliphatic imine (C=N–C) groups is 1. The van der Waals surface area contributed by atoms with E-state index in [9.17, 15) is 4.79 Å². The van der Waals surface area contributed by atoms with E-state index in [-0.39, 0.29) is 23.5 Å². The molecule has 1 aromatic carbocycles. The quantitative estimate of drug-likeness (QED) is 0.830. The van der Waals surface area contributed by atoms with Crippen molar-refractivity contribution >= 4 is 11.9 Å². The summed E-state index contributed by atoms with van der Waals surface area (Å²) in [5.74, 6) is 1.08. The summed E-state index contributed by atoms with van der Waals surface area (Å²) in [4.78, 5) is 20.9. The topological polar surface area (TPSA) is 77.2 Å². The third-order valence-electron chi connectivity index (χ3n) is 8.38. The van der Waals surface area contributed by atoms with Crippen LogP contribution in [0.1, 0.15) is 67.6 Å². The minimum atomic E-state index is -0.875. The molecule has 1 saturated heterocycles. The number of hydrogen-bond acceptors (Lipinski definition) is 5. The summed E-state index contributed by atoms with van der Waals surface area (Å²) in [7, 11) is 1.79. The van der Waals surface area contributed by atoms with Gasteiger partial charge >= 0.3 is 0 Å². The van der Waals surface area contributed by atoms with Crippen LogP contribution in [0.2, 0.25) is 0 Å². The Morgan fingerprint density at radius 3 is 2.63 bits per heavy atom. The summed E-state index contributed by atoms with van der Waals surface area (Å²) >= 11 is 0. The van der Waals surface area contributed by atoms with Crippen LogP contribution in [0.5, 0.6) is 0 Å². The molecule has 0 bridgehead atoms. The van der Waals surface area contributed by atoms with Gasteiger partial charge in [-0.05, 0) is 74.0 Å². The summed E-state index contributed by atoms with van der Waals surface area (Å²) in [6.45, 7) is 1.29. The van der Waals surface area contributed by atoms with Gasteiger partial charge in [0.1, 0.15) is 0 Å². The number of ether oxygens (including phenoxy) is 2. The van der Waals surface area contributed by atoms with Gasteiger partial charge in [0.2, 0.25) is 0 Å². The highest BCUT2D eigenvalue weighted by molar-refractivity contribution is 6.08. The van der Waals surface area contributed by atoms with Crippen molar-refractivity contribution in [1.29, 1.82) is 0 Å². The highest BCUT2D eigenvalue weighted by atomic mass is 16.5. The van der Waals surface area contributed by atoms with Gasteiger partial charge in [0.25, 0.3) is 5.91 Å². The summed E-state index contributed by atoms with van der Waals surface area (Å²) < 4.78 is 11.3. The van der Waals surface area contributed by atoms with Gasteiger partial charge in [-0.25, -0.2) is 4.99 Å². The summed E-state index contributed by atoms with van der Waals surface area (Å²) in [6.07, 6.45) is 8.55. The molecule has 30 heavy (non-hydrogen) atoms. The molecule has 5 aliphatic rings. The fraction of sp³-hybridized carbons (Fsp3) is 0.667. The van der Waals surface area contributed by atoms with Gasteiger partial charge in [0.15, 0.2) is 11.5 Å². The lowest BCUT2D eigenvalue weighted by Crippen LogP contribution is -2.54. The normalized spacial score (nSPS) is 37.6. The molecular formula is C24H31N3O3. The van der Waals surface area contributed by atoms with Crippen LogP contribution in [0, 0.1) is 5.41 Å². The minimum Gasteiger partial charge on any atom is -0.381 e. The van der Waals surface area contributed by atoms with Crippen LogP contribution in [0.3, 0.4) is 0 Å². The maximum atomic E-state index is 14.1. The molecule has 1 amide bonds. The van der Waals surface area contributed by atoms with Crippen LogP contribution in [0.15, 0.2) is 23.2 Å². The Bertz CT molecular complexity index is 912. The molecule has 2 unspecified atom stereocenters. The van der Waals surface area contributed by atoms with Gasteiger partial charge in [-0.1, -0.05) is 18.2 Å². The SMILES string of the molecule is COC1CCC2(CC1)Cc1ccc(C3CC3)cc1C21N=C(N)N(CC2CCO2)C1=O. The Hall–Kier alpha value is -1.92. The smallest absolute Gasteiger partial charge is 0.262 e. The van der Waals surface area contributed by atoms with Gasteiger partial charge in [0, 0.05) is 19.1 Å². The van der Waals surface area contributed by atoms with Crippen LogP contribution in [0.4, 0.5) is 0 Å². The predicted molar refractivity (Wildman–Crippen MR) is 113 cm³/mol. The van der Waals surface area contributed by atoms with Gasteiger partial charge < -0.3 is 15.2 Å². The van der Waals surface area contributed by atoms with Crippen LogP contribution < -0.4 is 5.73 Å². The molecule has 3 aliphatic carbocycles. The first-order valence-electron chi connectivity index (χ1n) is 11.5. The van der Waals surface area contributed by atoms with Crippen LogP contribution >= 0.6 is 0 Å². The molecule has 0 radical (unpaired) electrons. The standard InChI is InChI=1S/C24H31N3O3/c1-29-18-6-9-23(10-7-18)13-17-5-4-16(15-2-3-15)12-20(17)24(23)21(28)27(22(25)26-24)14-19-8-11-30-19/h4-5,12,15,18-19H,2-3,6-11,13-14H2,1H3,(H2,25,26). The van der Waals surface area contributed by atoms with Crippen molar-refractivity contribution in [2.24, 2.45) is 16.1 Å². The van der Waals surface area contributed by atoms with Crippen LogP contribution in [-0.4, -0.2) is 49.2 Å². The van der Waals surface area contributed by atoms with Gasteiger partial charge in [-0.15, -0.1) is 0 Å². The number of guanidine groups is 1. The van der Waals surface area contributed by atoms with E-state index in [2.05, 4.69) is 18.2 Å². The molecule has 2 N–H and O–H groups in total. The highest BCUT2D eigenvalue weighted by Crippen LogP contribution is 2.62. The second-order valence-electron chi connectivity index (χ2n) is 9.96. The molecule has 6 rings (SSSR count). The first kappa shape index (κ1) is 18.8. The average molecular weight is 410 g/mol. The Morgan fingerprint density at radius 1 is 1.23 bits per heavy atom. The number of nitrogens with zero attached hydrogens (tertiary/aromatic N) is 2. The Morgan fingerprint density at radius 2 is 2.00 bits per heavy atom. The highest BCUT2D eigenvalue weighted by Gasteiger charge is 2.66. The lowest BCUT2D eigenvalue weighted by molar-refractivity contribution is -0.141. The Kier molecular flexibility index (Phi) is 4.10. The van der Waals surface area contributed by atoms with Crippen molar-refractivity contribution < 1.29 is 14.3 Å². The zero-order valence-corrected chi connectivity index (χ0v) is 17.7. The molecule has 3 fully saturated rings. The number of fused-ring (bicyclic) bond motifs is 3. The Labute approximate surface area is 177 Å². The molecule has 2 heterocycles. The molecule has 2 spiro atoms. The molecule has 2 atom stereocenters. The van der Waals surface area contributed by atoms with E-state index in [0.29, 0.717) is 18.4 Å². The lowest BCUT2D eigenvalue weighted by atomic mass is 9.61. The molecule has 0 aromatic heterocycles. The van der Waals surface area contributed by atoms with E-state index >= 15 is 0 Å². The van der Waals surface area contributed by atoms with Crippen molar-refractivity contribution in [3.8, 4) is 0 Å². The van der Waals surface area contributed by atoms with E-state index in [0.717, 1.165) is 50.7 Å². The molecule has 6 nitrogen and oxygen atoms in total. The summed E-state index contributed by atoms with van der Waals surface area (Å²) in [5.41, 5.74) is 9.11. The first-order chi connectivity index (χ1) is 14.6. The number of methoxy groups -OCH3 is 1. The zero-order chi connectivity index (χ0) is 20.5. The van der Waals surface area contributed by atoms with Crippen molar-refractivity contribution in [3.63, 3.8) is 0 Å². The van der Waals surface area contributed by atoms with Crippen molar-refractivity contribution in [3.05, 3.63) is 34.9 Å². The Balaban J connectivity index is 1.45. The van der Waals surface area contributed by atoms with Crippen molar-refractivity contribution in [2.75, 3.05) is 20.3 Å². The second kappa shape index (κ2) is 6.54. The van der Waals surface area contributed by atoms with E-state index in [4.69, 9.17) is 20.2 Å². The number of hydrogen-bond donors (Lipinski definition) is 1. The fourth-order valence-electron chi connectivity index (χ4n) is 6.36. The maximum absolute atomic E-state index is 14.1. The van der Waals surface area contributed by atoms with E-state index in [1.807, 2.05) is 0 Å². The number of amides is 1. The van der Waals surface area contributed by atoms with E-state index in [1.165, 1.54) is 24.0 Å². The largest absolute Gasteiger partial charge is 0.381 e. The average Bonchev–Trinajstić information content (AvgIpc) is 3.49. The lowest BCUT2D eigenvalue weighted by Gasteiger charge is -2.45. The first-order valence-corrected chi connectivity index (χ1v) is 11.5. The molecule has 160 valence electrons. The van der Waals surface area contributed by atoms with E-state index < -0.39 is 5.54 Å². The maximum Gasteiger partial charge on any atom is 0.262 e. The van der Waals surface area contributed by atoms with Crippen molar-refractivity contribution in [1.82, 2.24) is 4.90 Å². The molecule has 2 aliphatic heterocycles. The molecule has 2 saturated carbocycles. The van der Waals surface area contributed by atoms with Crippen LogP contribution in [0.25, 0.3) is 0 Å². The van der Waals surface area contributed by atoms with Gasteiger partial charge in [-0.2, -0.15) is 0 Å². The minimum absolute atomic E-state index is 0.0677. The molecule has 1 aromatic rings.